The molecule has 0 spiro atoms. The molecule has 0 aliphatic rings. The molecule has 4 aromatic carbocycles. The Hall–Kier alpha value is -4.70. The minimum absolute atomic E-state index is 0. The quantitative estimate of drug-likeness (QED) is 0.0709. The number of rotatable bonds is 10. The molecule has 5 heteroatoms. The first-order chi connectivity index (χ1) is 18.5. The summed E-state index contributed by atoms with van der Waals surface area (Å²) in [7, 11) is 0. The molecule has 39 heavy (non-hydrogen) atoms. The molecular formula is C34H26CuO4. The molecule has 0 fully saturated rings. The van der Waals surface area contributed by atoms with E-state index in [0.717, 1.165) is 24.0 Å². The van der Waals surface area contributed by atoms with Crippen molar-refractivity contribution in [3.63, 3.8) is 0 Å². The van der Waals surface area contributed by atoms with Crippen molar-refractivity contribution in [2.75, 3.05) is 0 Å². The molecule has 0 saturated carbocycles. The number of benzene rings is 4. The van der Waals surface area contributed by atoms with Gasteiger partial charge in [-0.15, -0.1) is 48.6 Å². The number of carbonyl (C=O) groups is 4. The van der Waals surface area contributed by atoms with Gasteiger partial charge in [0.05, 0.1) is 23.1 Å². The van der Waals surface area contributed by atoms with Crippen LogP contribution in [0.3, 0.4) is 0 Å². The first-order valence-electron chi connectivity index (χ1n) is 11.9. The fourth-order valence-corrected chi connectivity index (χ4v) is 3.21. The zero-order valence-electron chi connectivity index (χ0n) is 20.9. The van der Waals surface area contributed by atoms with Crippen LogP contribution in [-0.4, -0.2) is 23.1 Å². The Bertz CT molecular complexity index is 1280. The fraction of sp³-hybridized carbons (Fsp3) is 0. The monoisotopic (exact) mass is 561 g/mol. The van der Waals surface area contributed by atoms with Crippen molar-refractivity contribution < 1.29 is 36.2 Å². The first-order valence-corrected chi connectivity index (χ1v) is 11.9. The summed E-state index contributed by atoms with van der Waals surface area (Å²) in [6, 6.07) is 36.4. The SMILES string of the molecule is O=C(C=Cc1ccccc1)[CH-]C(=O)c1ccccc1.O=C(C=Cc1ccccc1)[CH-]C(=O)c1ccccc1.[Cu+2]. The van der Waals surface area contributed by atoms with E-state index >= 15 is 0 Å². The average Bonchev–Trinajstić information content (AvgIpc) is 2.97. The van der Waals surface area contributed by atoms with E-state index in [2.05, 4.69) is 0 Å². The Kier molecular flexibility index (Phi) is 13.2. The summed E-state index contributed by atoms with van der Waals surface area (Å²) in [5.41, 5.74) is 2.89. The predicted octanol–water partition coefficient (Wildman–Crippen LogP) is 6.71. The normalized spacial score (nSPS) is 10.1. The topological polar surface area (TPSA) is 68.3 Å². The minimum Gasteiger partial charge on any atom is -0.319 e. The van der Waals surface area contributed by atoms with Gasteiger partial charge in [-0.3, -0.25) is 0 Å². The van der Waals surface area contributed by atoms with Gasteiger partial charge in [0.15, 0.2) is 0 Å². The maximum absolute atomic E-state index is 11.8. The maximum Gasteiger partial charge on any atom is 2.00 e. The minimum atomic E-state index is -0.308. The van der Waals surface area contributed by atoms with Gasteiger partial charge in [-0.1, -0.05) is 121 Å². The standard InChI is InChI=1S/2C17H13O2.Cu/c2*18-16(12-11-14-7-3-1-4-8-14)13-17(19)15-9-5-2-6-10-15;/h2*1-13H;/q2*-1;+2. The van der Waals surface area contributed by atoms with Crippen molar-refractivity contribution >= 4 is 35.3 Å². The molecule has 0 N–H and O–H groups in total. The van der Waals surface area contributed by atoms with E-state index in [-0.39, 0.29) is 40.2 Å². The molecule has 197 valence electrons. The molecule has 4 nitrogen and oxygen atoms in total. The van der Waals surface area contributed by atoms with Gasteiger partial charge in [0.2, 0.25) is 0 Å². The molecule has 0 saturated heterocycles. The second-order valence-electron chi connectivity index (χ2n) is 8.04. The molecule has 0 unspecified atom stereocenters. The fourth-order valence-electron chi connectivity index (χ4n) is 3.21. The molecule has 0 aromatic heterocycles. The van der Waals surface area contributed by atoms with Crippen LogP contribution in [0.1, 0.15) is 31.8 Å². The predicted molar refractivity (Wildman–Crippen MR) is 151 cm³/mol. The Morgan fingerprint density at radius 1 is 0.436 bits per heavy atom. The van der Waals surface area contributed by atoms with Crippen LogP contribution < -0.4 is 0 Å². The summed E-state index contributed by atoms with van der Waals surface area (Å²) >= 11 is 0. The third-order valence-electron chi connectivity index (χ3n) is 5.14. The molecule has 4 aromatic rings. The third-order valence-corrected chi connectivity index (χ3v) is 5.14. The van der Waals surface area contributed by atoms with Gasteiger partial charge >= 0.3 is 17.1 Å². The number of ketones is 4. The zero-order valence-corrected chi connectivity index (χ0v) is 21.9. The van der Waals surface area contributed by atoms with Crippen molar-refractivity contribution in [3.8, 4) is 0 Å². The summed E-state index contributed by atoms with van der Waals surface area (Å²) in [6.45, 7) is 0. The Morgan fingerprint density at radius 2 is 0.718 bits per heavy atom. The summed E-state index contributed by atoms with van der Waals surface area (Å²) in [5.74, 6) is -1.16. The van der Waals surface area contributed by atoms with Gasteiger partial charge in [0.25, 0.3) is 0 Å². The van der Waals surface area contributed by atoms with Gasteiger partial charge in [-0.25, -0.2) is 0 Å². The molecule has 0 aliphatic carbocycles. The van der Waals surface area contributed by atoms with Gasteiger partial charge < -0.3 is 19.2 Å². The van der Waals surface area contributed by atoms with Crippen LogP contribution >= 0.6 is 0 Å². The smallest absolute Gasteiger partial charge is 0.319 e. The number of allylic oxidation sites excluding steroid dienone is 2. The Labute approximate surface area is 239 Å². The van der Waals surface area contributed by atoms with Gasteiger partial charge in [0, 0.05) is 0 Å². The van der Waals surface area contributed by atoms with Crippen molar-refractivity contribution in [1.82, 2.24) is 0 Å². The number of hydrogen-bond acceptors (Lipinski definition) is 4. The van der Waals surface area contributed by atoms with Crippen molar-refractivity contribution in [2.45, 2.75) is 0 Å². The third kappa shape index (κ3) is 11.5. The number of Topliss-reactive ketones (excluding diaryl/α,β-unsaturated/α-hetero) is 2. The Balaban J connectivity index is 0.000000267. The van der Waals surface area contributed by atoms with Crippen molar-refractivity contribution in [1.29, 1.82) is 0 Å². The van der Waals surface area contributed by atoms with Crippen molar-refractivity contribution in [3.05, 3.63) is 169 Å². The summed E-state index contributed by atoms with van der Waals surface area (Å²) in [4.78, 5) is 46.8. The van der Waals surface area contributed by atoms with Crippen LogP contribution in [0, 0.1) is 12.8 Å². The maximum atomic E-state index is 11.8. The zero-order chi connectivity index (χ0) is 27.0. The molecule has 1 radical (unpaired) electrons. The average molecular weight is 562 g/mol. The molecule has 0 bridgehead atoms. The van der Waals surface area contributed by atoms with Gasteiger partial charge in [0.1, 0.15) is 0 Å². The van der Waals surface area contributed by atoms with Gasteiger partial charge in [-0.05, 0) is 11.1 Å². The van der Waals surface area contributed by atoms with E-state index in [4.69, 9.17) is 0 Å². The molecule has 0 heterocycles. The van der Waals surface area contributed by atoms with Crippen LogP contribution in [-0.2, 0) is 26.7 Å². The number of carbonyl (C=O) groups excluding carboxylic acids is 4. The number of hydrogen-bond donors (Lipinski definition) is 0. The van der Waals surface area contributed by atoms with E-state index in [9.17, 15) is 19.2 Å². The van der Waals surface area contributed by atoms with E-state index in [1.54, 1.807) is 60.7 Å². The van der Waals surface area contributed by atoms with Crippen LogP contribution in [0.4, 0.5) is 0 Å². The van der Waals surface area contributed by atoms with Crippen LogP contribution in [0.5, 0.6) is 0 Å². The Morgan fingerprint density at radius 3 is 1.03 bits per heavy atom. The first kappa shape index (κ1) is 30.5. The molecule has 4 rings (SSSR count). The van der Waals surface area contributed by atoms with Crippen LogP contribution in [0.15, 0.2) is 133 Å². The second-order valence-corrected chi connectivity index (χ2v) is 8.04. The van der Waals surface area contributed by atoms with E-state index in [1.165, 1.54) is 12.2 Å². The summed E-state index contributed by atoms with van der Waals surface area (Å²) in [6.07, 6.45) is 8.39. The largest absolute Gasteiger partial charge is 2.00 e. The summed E-state index contributed by atoms with van der Waals surface area (Å²) < 4.78 is 0. The van der Waals surface area contributed by atoms with Crippen molar-refractivity contribution in [2.24, 2.45) is 0 Å². The van der Waals surface area contributed by atoms with Gasteiger partial charge in [-0.2, -0.15) is 0 Å². The molecule has 0 aliphatic heterocycles. The second kappa shape index (κ2) is 16.9. The summed E-state index contributed by atoms with van der Waals surface area (Å²) in [5, 5.41) is 0. The van der Waals surface area contributed by atoms with E-state index < -0.39 is 0 Å². The molecular weight excluding hydrogens is 536 g/mol. The molecule has 0 atom stereocenters. The molecule has 0 amide bonds. The van der Waals surface area contributed by atoms with Crippen LogP contribution in [0.25, 0.3) is 12.2 Å². The van der Waals surface area contributed by atoms with Crippen LogP contribution in [0.2, 0.25) is 0 Å². The van der Waals surface area contributed by atoms with E-state index in [0.29, 0.717) is 11.1 Å². The van der Waals surface area contributed by atoms with E-state index in [1.807, 2.05) is 72.8 Å².